The van der Waals surface area contributed by atoms with Crippen LogP contribution in [0.15, 0.2) is 0 Å². The van der Waals surface area contributed by atoms with Crippen molar-refractivity contribution in [3.8, 4) is 0 Å². The Morgan fingerprint density at radius 1 is 1.50 bits per heavy atom. The lowest BCUT2D eigenvalue weighted by Gasteiger charge is -2.07. The molecule has 0 radical (unpaired) electrons. The van der Waals surface area contributed by atoms with E-state index >= 15 is 0 Å². The van der Waals surface area contributed by atoms with Crippen molar-refractivity contribution in [3.63, 3.8) is 0 Å². The van der Waals surface area contributed by atoms with Gasteiger partial charge in [-0.15, -0.1) is 0 Å². The number of hydrogen-bond donors (Lipinski definition) is 3. The molecule has 0 heterocycles. The van der Waals surface area contributed by atoms with Gasteiger partial charge in [0.15, 0.2) is 5.25 Å². The number of rotatable bonds is 5. The third-order valence-corrected chi connectivity index (χ3v) is 2.49. The number of amides is 1. The van der Waals surface area contributed by atoms with Crippen LogP contribution in [0, 0.1) is 0 Å². The molecule has 0 aliphatic carbocycles. The molecule has 0 aromatic rings. The smallest absolute Gasteiger partial charge is 0.276 e. The maximum absolute atomic E-state index is 10.5. The second-order valence-corrected chi connectivity index (χ2v) is 3.87. The topological polar surface area (TPSA) is 118 Å². The molecule has 0 saturated heterocycles. The molecule has 0 aromatic carbocycles. The molecule has 4 N–H and O–H groups in total. The van der Waals surface area contributed by atoms with Gasteiger partial charge in [0.2, 0.25) is 5.91 Å². The van der Waals surface area contributed by atoms with Crippen molar-refractivity contribution in [1.82, 2.24) is 0 Å². The molecule has 1 amide bonds. The monoisotopic (exact) mass is 197 g/mol. The molecule has 0 aliphatic heterocycles. The second kappa shape index (κ2) is 4.39. The van der Waals surface area contributed by atoms with Crippen LogP contribution in [0.5, 0.6) is 0 Å². The van der Waals surface area contributed by atoms with Crippen LogP contribution in [0.3, 0.4) is 0 Å². The highest BCUT2D eigenvalue weighted by molar-refractivity contribution is 7.87. The summed E-state index contributed by atoms with van der Waals surface area (Å²) in [6.07, 6.45) is -0.0575. The molecule has 0 aromatic heterocycles. The normalized spacial score (nSPS) is 14.2. The van der Waals surface area contributed by atoms with E-state index in [0.29, 0.717) is 0 Å². The molecule has 0 fully saturated rings. The van der Waals surface area contributed by atoms with Gasteiger partial charge < -0.3 is 10.8 Å². The van der Waals surface area contributed by atoms with E-state index in [0.717, 1.165) is 0 Å². The van der Waals surface area contributed by atoms with Gasteiger partial charge >= 0.3 is 0 Å². The molecule has 1 atom stereocenters. The van der Waals surface area contributed by atoms with Crippen LogP contribution >= 0.6 is 0 Å². The van der Waals surface area contributed by atoms with Gasteiger partial charge in [0.1, 0.15) is 0 Å². The zero-order chi connectivity index (χ0) is 9.78. The minimum Gasteiger partial charge on any atom is -0.396 e. The van der Waals surface area contributed by atoms with Gasteiger partial charge in [-0.05, 0) is 12.8 Å². The van der Waals surface area contributed by atoms with Gasteiger partial charge in [0.05, 0.1) is 0 Å². The Kier molecular flexibility index (Phi) is 4.15. The average Bonchev–Trinajstić information content (AvgIpc) is 1.84. The predicted molar refractivity (Wildman–Crippen MR) is 40.9 cm³/mol. The Morgan fingerprint density at radius 3 is 2.25 bits per heavy atom. The van der Waals surface area contributed by atoms with Gasteiger partial charge in [0, 0.05) is 6.61 Å². The van der Waals surface area contributed by atoms with E-state index in [9.17, 15) is 13.2 Å². The molecule has 0 aliphatic rings. The van der Waals surface area contributed by atoms with Crippen LogP contribution in [0.2, 0.25) is 0 Å². The van der Waals surface area contributed by atoms with Crippen LogP contribution in [0.25, 0.3) is 0 Å². The number of primary amides is 1. The second-order valence-electron chi connectivity index (χ2n) is 2.27. The Hall–Kier alpha value is -0.660. The minimum atomic E-state index is -4.42. The minimum absolute atomic E-state index is 0.105. The molecular formula is C5H11NO5S. The fraction of sp³-hybridized carbons (Fsp3) is 0.800. The summed E-state index contributed by atoms with van der Waals surface area (Å²) in [7, 11) is -4.42. The number of aliphatic hydroxyl groups excluding tert-OH is 1. The Bertz CT molecular complexity index is 247. The average molecular weight is 197 g/mol. The SMILES string of the molecule is NC(=O)C(CCCO)S(=O)(=O)O. The van der Waals surface area contributed by atoms with Gasteiger partial charge in [-0.2, -0.15) is 8.42 Å². The summed E-state index contributed by atoms with van der Waals surface area (Å²) in [6, 6.07) is 0. The predicted octanol–water partition coefficient (Wildman–Crippen LogP) is -1.50. The van der Waals surface area contributed by atoms with Crippen molar-refractivity contribution >= 4 is 16.0 Å². The highest BCUT2D eigenvalue weighted by Crippen LogP contribution is 2.05. The van der Waals surface area contributed by atoms with E-state index in [1.165, 1.54) is 0 Å². The van der Waals surface area contributed by atoms with E-state index in [1.54, 1.807) is 0 Å². The van der Waals surface area contributed by atoms with Crippen molar-refractivity contribution in [2.45, 2.75) is 18.1 Å². The maximum Gasteiger partial charge on any atom is 0.276 e. The highest BCUT2D eigenvalue weighted by Gasteiger charge is 2.27. The van der Waals surface area contributed by atoms with E-state index in [2.05, 4.69) is 0 Å². The summed E-state index contributed by atoms with van der Waals surface area (Å²) in [4.78, 5) is 10.5. The number of nitrogens with two attached hydrogens (primary N) is 1. The summed E-state index contributed by atoms with van der Waals surface area (Å²) in [5.74, 6) is -1.11. The van der Waals surface area contributed by atoms with Crippen LogP contribution in [0.1, 0.15) is 12.8 Å². The maximum atomic E-state index is 10.5. The number of carbonyl (C=O) groups excluding carboxylic acids is 1. The molecule has 0 bridgehead atoms. The van der Waals surface area contributed by atoms with E-state index in [-0.39, 0.29) is 19.4 Å². The third kappa shape index (κ3) is 3.65. The van der Waals surface area contributed by atoms with E-state index in [1.807, 2.05) is 0 Å². The van der Waals surface area contributed by atoms with Crippen molar-refractivity contribution < 1.29 is 22.9 Å². The zero-order valence-electron chi connectivity index (χ0n) is 6.30. The van der Waals surface area contributed by atoms with Gasteiger partial charge in [-0.3, -0.25) is 9.35 Å². The fourth-order valence-electron chi connectivity index (χ4n) is 0.715. The first-order valence-electron chi connectivity index (χ1n) is 3.26. The molecule has 72 valence electrons. The standard InChI is InChI=1S/C5H11NO5S/c6-5(8)4(2-1-3-7)12(9,10)11/h4,7H,1-3H2,(H2,6,8)(H,9,10,11). The summed E-state index contributed by atoms with van der Waals surface area (Å²) < 4.78 is 29.4. The first kappa shape index (κ1) is 11.3. The Labute approximate surface area is 70.1 Å². The van der Waals surface area contributed by atoms with Crippen molar-refractivity contribution in [2.75, 3.05) is 6.61 Å². The molecule has 6 nitrogen and oxygen atoms in total. The third-order valence-electron chi connectivity index (χ3n) is 1.30. The lowest BCUT2D eigenvalue weighted by molar-refractivity contribution is -0.117. The molecule has 7 heteroatoms. The molecule has 0 saturated carbocycles. The van der Waals surface area contributed by atoms with Crippen LogP contribution in [-0.2, 0) is 14.9 Å². The number of carbonyl (C=O) groups is 1. The van der Waals surface area contributed by atoms with Gasteiger partial charge in [-0.25, -0.2) is 0 Å². The number of aliphatic hydroxyl groups is 1. The summed E-state index contributed by atoms with van der Waals surface area (Å²) in [5, 5.41) is 6.73. The summed E-state index contributed by atoms with van der Waals surface area (Å²) in [5.41, 5.74) is 4.70. The first-order chi connectivity index (χ1) is 5.39. The summed E-state index contributed by atoms with van der Waals surface area (Å²) in [6.45, 7) is -0.251. The largest absolute Gasteiger partial charge is 0.396 e. The Morgan fingerprint density at radius 2 is 2.00 bits per heavy atom. The van der Waals surface area contributed by atoms with Crippen LogP contribution in [0.4, 0.5) is 0 Å². The van der Waals surface area contributed by atoms with Crippen molar-refractivity contribution in [2.24, 2.45) is 5.73 Å². The van der Waals surface area contributed by atoms with Gasteiger partial charge in [-0.1, -0.05) is 0 Å². The number of hydrogen-bond acceptors (Lipinski definition) is 4. The molecule has 1 unspecified atom stereocenters. The fourth-order valence-corrected chi connectivity index (χ4v) is 1.47. The summed E-state index contributed by atoms with van der Waals surface area (Å²) >= 11 is 0. The van der Waals surface area contributed by atoms with Crippen LogP contribution < -0.4 is 5.73 Å². The highest BCUT2D eigenvalue weighted by atomic mass is 32.2. The zero-order valence-corrected chi connectivity index (χ0v) is 7.12. The van der Waals surface area contributed by atoms with E-state index < -0.39 is 21.3 Å². The van der Waals surface area contributed by atoms with Crippen LogP contribution in [-0.4, -0.2) is 35.8 Å². The lowest BCUT2D eigenvalue weighted by atomic mass is 10.2. The lowest BCUT2D eigenvalue weighted by Crippen LogP contribution is -2.35. The first-order valence-corrected chi connectivity index (χ1v) is 4.76. The molecule has 0 spiro atoms. The van der Waals surface area contributed by atoms with Gasteiger partial charge in [0.25, 0.3) is 10.1 Å². The Balaban J connectivity index is 4.36. The molecule has 12 heavy (non-hydrogen) atoms. The van der Waals surface area contributed by atoms with Crippen molar-refractivity contribution in [1.29, 1.82) is 0 Å². The van der Waals surface area contributed by atoms with E-state index in [4.69, 9.17) is 15.4 Å². The quantitative estimate of drug-likeness (QED) is 0.463. The molecular weight excluding hydrogens is 186 g/mol. The van der Waals surface area contributed by atoms with Crippen molar-refractivity contribution in [3.05, 3.63) is 0 Å². The molecule has 0 rings (SSSR count).